The fourth-order valence-electron chi connectivity index (χ4n) is 2.53. The van der Waals surface area contributed by atoms with Gasteiger partial charge in [0.25, 0.3) is 0 Å². The maximum atomic E-state index is 5.67. The Morgan fingerprint density at radius 2 is 2.12 bits per heavy atom. The Morgan fingerprint density at radius 3 is 2.88 bits per heavy atom. The Kier molecular flexibility index (Phi) is 3.20. The molecule has 1 aromatic rings. The van der Waals surface area contributed by atoms with Crippen molar-refractivity contribution >= 4 is 11.8 Å². The van der Waals surface area contributed by atoms with Gasteiger partial charge in [0.05, 0.1) is 5.69 Å². The molecule has 4 heteroatoms. The van der Waals surface area contributed by atoms with Crippen molar-refractivity contribution in [1.29, 1.82) is 0 Å². The molecule has 0 bridgehead atoms. The molecule has 88 valence electrons. The Morgan fingerprint density at radius 1 is 1.25 bits per heavy atom. The third-order valence-corrected chi connectivity index (χ3v) is 4.64. The number of rotatable bonds is 2. The van der Waals surface area contributed by atoms with Crippen LogP contribution in [0.15, 0.2) is 10.7 Å². The van der Waals surface area contributed by atoms with E-state index in [4.69, 9.17) is 9.40 Å². The van der Waals surface area contributed by atoms with Crippen LogP contribution in [-0.4, -0.2) is 29.6 Å². The summed E-state index contributed by atoms with van der Waals surface area (Å²) >= 11 is 2.05. The number of nitrogens with one attached hydrogen (secondary N) is 1. The zero-order valence-corrected chi connectivity index (χ0v) is 10.3. The van der Waals surface area contributed by atoms with E-state index >= 15 is 0 Å². The maximum Gasteiger partial charge on any atom is 0.197 e. The topological polar surface area (TPSA) is 38.1 Å². The van der Waals surface area contributed by atoms with Crippen molar-refractivity contribution in [3.63, 3.8) is 0 Å². The Labute approximate surface area is 100 Å². The summed E-state index contributed by atoms with van der Waals surface area (Å²) in [5.74, 6) is 4.66. The lowest BCUT2D eigenvalue weighted by molar-refractivity contribution is 0.430. The summed E-state index contributed by atoms with van der Waals surface area (Å²) in [5.41, 5.74) is 1.17. The van der Waals surface area contributed by atoms with E-state index in [2.05, 4.69) is 5.32 Å². The minimum Gasteiger partial charge on any atom is -0.448 e. The highest BCUT2D eigenvalue weighted by Crippen LogP contribution is 2.32. The molecule has 0 aliphatic carbocycles. The molecule has 2 fully saturated rings. The molecular formula is C12H18N2OS. The lowest BCUT2D eigenvalue weighted by atomic mass is 10.0. The van der Waals surface area contributed by atoms with Crippen LogP contribution in [-0.2, 0) is 0 Å². The van der Waals surface area contributed by atoms with Crippen molar-refractivity contribution in [2.24, 2.45) is 0 Å². The molecule has 1 N–H and O–H groups in total. The molecular weight excluding hydrogens is 220 g/mol. The van der Waals surface area contributed by atoms with Gasteiger partial charge < -0.3 is 9.73 Å². The molecule has 0 saturated carbocycles. The number of hydrogen-bond acceptors (Lipinski definition) is 4. The van der Waals surface area contributed by atoms with Gasteiger partial charge in [-0.25, -0.2) is 4.98 Å². The first-order valence-corrected chi connectivity index (χ1v) is 7.33. The molecule has 3 heterocycles. The van der Waals surface area contributed by atoms with Crippen LogP contribution in [0.5, 0.6) is 0 Å². The van der Waals surface area contributed by atoms with Gasteiger partial charge in [-0.2, -0.15) is 11.8 Å². The van der Waals surface area contributed by atoms with Gasteiger partial charge in [-0.05, 0) is 37.3 Å². The van der Waals surface area contributed by atoms with Crippen molar-refractivity contribution in [3.05, 3.63) is 17.8 Å². The number of nitrogens with zero attached hydrogens (tertiary/aromatic N) is 1. The Bertz CT molecular complexity index is 341. The average molecular weight is 238 g/mol. The van der Waals surface area contributed by atoms with E-state index in [1.165, 1.54) is 36.5 Å². The summed E-state index contributed by atoms with van der Waals surface area (Å²) in [5, 5.41) is 3.37. The van der Waals surface area contributed by atoms with E-state index in [9.17, 15) is 0 Å². The molecule has 0 spiro atoms. The predicted octanol–water partition coefficient (Wildman–Crippen LogP) is 2.36. The van der Waals surface area contributed by atoms with Crippen molar-refractivity contribution in [3.8, 4) is 0 Å². The molecule has 1 unspecified atom stereocenters. The van der Waals surface area contributed by atoms with Crippen molar-refractivity contribution in [2.45, 2.75) is 31.1 Å². The largest absolute Gasteiger partial charge is 0.448 e. The highest BCUT2D eigenvalue weighted by molar-refractivity contribution is 7.99. The summed E-state index contributed by atoms with van der Waals surface area (Å²) in [6, 6.07) is 0. The summed E-state index contributed by atoms with van der Waals surface area (Å²) in [4.78, 5) is 4.70. The highest BCUT2D eigenvalue weighted by Gasteiger charge is 2.24. The number of hydrogen-bond donors (Lipinski definition) is 1. The Balaban J connectivity index is 1.71. The summed E-state index contributed by atoms with van der Waals surface area (Å²) in [7, 11) is 0. The van der Waals surface area contributed by atoms with Crippen LogP contribution in [0.25, 0.3) is 0 Å². The molecule has 0 aromatic carbocycles. The first-order chi connectivity index (χ1) is 7.93. The third-order valence-electron chi connectivity index (χ3n) is 3.59. The molecule has 2 saturated heterocycles. The van der Waals surface area contributed by atoms with E-state index in [1.54, 1.807) is 0 Å². The smallest absolute Gasteiger partial charge is 0.197 e. The first-order valence-electron chi connectivity index (χ1n) is 6.17. The van der Waals surface area contributed by atoms with Gasteiger partial charge in [0.2, 0.25) is 0 Å². The van der Waals surface area contributed by atoms with Crippen LogP contribution >= 0.6 is 11.8 Å². The van der Waals surface area contributed by atoms with Gasteiger partial charge in [-0.1, -0.05) is 0 Å². The van der Waals surface area contributed by atoms with E-state index < -0.39 is 0 Å². The van der Waals surface area contributed by atoms with Crippen molar-refractivity contribution < 1.29 is 4.42 Å². The van der Waals surface area contributed by atoms with Crippen LogP contribution in [0.2, 0.25) is 0 Å². The molecule has 3 nitrogen and oxygen atoms in total. The van der Waals surface area contributed by atoms with Crippen LogP contribution in [0.3, 0.4) is 0 Å². The molecule has 0 amide bonds. The zero-order valence-electron chi connectivity index (χ0n) is 9.45. The van der Waals surface area contributed by atoms with Gasteiger partial charge in [0, 0.05) is 18.4 Å². The van der Waals surface area contributed by atoms with Crippen molar-refractivity contribution in [1.82, 2.24) is 10.3 Å². The number of thioether (sulfide) groups is 1. The average Bonchev–Trinajstić information content (AvgIpc) is 3.01. The Hall–Kier alpha value is -0.480. The predicted molar refractivity (Wildman–Crippen MR) is 66.0 cm³/mol. The molecule has 3 rings (SSSR count). The lowest BCUT2D eigenvalue weighted by Crippen LogP contribution is -2.10. The van der Waals surface area contributed by atoms with E-state index in [1.807, 2.05) is 18.0 Å². The third kappa shape index (κ3) is 2.13. The van der Waals surface area contributed by atoms with E-state index in [0.29, 0.717) is 11.8 Å². The van der Waals surface area contributed by atoms with Gasteiger partial charge >= 0.3 is 0 Å². The van der Waals surface area contributed by atoms with Crippen LogP contribution in [0.4, 0.5) is 0 Å². The second-order valence-electron chi connectivity index (χ2n) is 4.69. The summed E-state index contributed by atoms with van der Waals surface area (Å²) in [6.07, 6.45) is 5.54. The standard InChI is InChI=1S/C12H18N2OS/c1-4-13-7-10(1)11-8-15-12(14-11)9-2-5-16-6-3-9/h8-10,13H,1-7H2. The highest BCUT2D eigenvalue weighted by atomic mass is 32.2. The molecule has 1 aromatic heterocycles. The SMILES string of the molecule is c1oc(C2CCSCC2)nc1C1CCNC1. The quantitative estimate of drug-likeness (QED) is 0.858. The van der Waals surface area contributed by atoms with Gasteiger partial charge in [-0.3, -0.25) is 0 Å². The van der Waals surface area contributed by atoms with Gasteiger partial charge in [0.15, 0.2) is 5.89 Å². The molecule has 16 heavy (non-hydrogen) atoms. The van der Waals surface area contributed by atoms with Gasteiger partial charge in [0.1, 0.15) is 6.26 Å². The fourth-order valence-corrected chi connectivity index (χ4v) is 3.63. The summed E-state index contributed by atoms with van der Waals surface area (Å²) < 4.78 is 5.67. The number of aromatic nitrogens is 1. The first kappa shape index (κ1) is 10.7. The lowest BCUT2D eigenvalue weighted by Gasteiger charge is -2.17. The van der Waals surface area contributed by atoms with Crippen molar-refractivity contribution in [2.75, 3.05) is 24.6 Å². The maximum absolute atomic E-state index is 5.67. The van der Waals surface area contributed by atoms with Crippen LogP contribution in [0.1, 0.15) is 42.7 Å². The molecule has 2 aliphatic rings. The molecule has 0 radical (unpaired) electrons. The van der Waals surface area contributed by atoms with E-state index in [-0.39, 0.29) is 0 Å². The molecule has 2 aliphatic heterocycles. The fraction of sp³-hybridized carbons (Fsp3) is 0.750. The minimum absolute atomic E-state index is 0.573. The van der Waals surface area contributed by atoms with Gasteiger partial charge in [-0.15, -0.1) is 0 Å². The van der Waals surface area contributed by atoms with Crippen LogP contribution in [0, 0.1) is 0 Å². The number of oxazole rings is 1. The second kappa shape index (κ2) is 4.80. The van der Waals surface area contributed by atoms with E-state index in [0.717, 1.165) is 19.0 Å². The second-order valence-corrected chi connectivity index (χ2v) is 5.91. The zero-order chi connectivity index (χ0) is 10.8. The monoisotopic (exact) mass is 238 g/mol. The summed E-state index contributed by atoms with van der Waals surface area (Å²) in [6.45, 7) is 2.18. The minimum atomic E-state index is 0.573. The van der Waals surface area contributed by atoms with Crippen LogP contribution < -0.4 is 5.32 Å². The molecule has 1 atom stereocenters. The normalized spacial score (nSPS) is 27.4.